The van der Waals surface area contributed by atoms with E-state index in [1.807, 2.05) is 30.4 Å². The molecule has 0 unspecified atom stereocenters. The van der Waals surface area contributed by atoms with Crippen LogP contribution in [-0.4, -0.2) is 12.6 Å². The van der Waals surface area contributed by atoms with Crippen LogP contribution >= 0.6 is 11.6 Å². The maximum atomic E-state index is 12.1. The number of halogens is 1. The molecule has 186 valence electrons. The van der Waals surface area contributed by atoms with Crippen molar-refractivity contribution in [3.05, 3.63) is 70.8 Å². The third-order valence-corrected chi connectivity index (χ3v) is 6.10. The normalized spacial score (nSPS) is 14.5. The van der Waals surface area contributed by atoms with Crippen LogP contribution in [0.25, 0.3) is 6.08 Å². The maximum absolute atomic E-state index is 12.1. The third kappa shape index (κ3) is 12.3. The van der Waals surface area contributed by atoms with Crippen molar-refractivity contribution >= 4 is 23.6 Å². The van der Waals surface area contributed by atoms with E-state index in [1.54, 1.807) is 0 Å². The lowest BCUT2D eigenvalue weighted by Gasteiger charge is -2.09. The molecule has 1 aliphatic heterocycles. The minimum atomic E-state index is -0.125. The van der Waals surface area contributed by atoms with Crippen LogP contribution in [0.2, 0.25) is 0 Å². The Labute approximate surface area is 211 Å². The molecular weight excluding hydrogens is 444 g/mol. The minimum absolute atomic E-state index is 0.125. The highest BCUT2D eigenvalue weighted by Gasteiger charge is 2.09. The number of hydrogen-bond donors (Lipinski definition) is 0. The van der Waals surface area contributed by atoms with Crippen molar-refractivity contribution < 1.29 is 14.3 Å². The number of rotatable bonds is 16. The molecular formula is C30H41ClO3. The second-order valence-corrected chi connectivity index (χ2v) is 9.04. The topological polar surface area (TPSA) is 35.5 Å². The number of ether oxygens (including phenoxy) is 2. The van der Waals surface area contributed by atoms with Gasteiger partial charge in [0.25, 0.3) is 0 Å². The van der Waals surface area contributed by atoms with E-state index in [0.29, 0.717) is 19.6 Å². The van der Waals surface area contributed by atoms with Crippen molar-refractivity contribution in [1.82, 2.24) is 0 Å². The average molecular weight is 485 g/mol. The molecule has 0 aliphatic carbocycles. The number of benzene rings is 1. The summed E-state index contributed by atoms with van der Waals surface area (Å²) in [4.78, 5) is 12.1. The summed E-state index contributed by atoms with van der Waals surface area (Å²) in [5.74, 6) is 0.685. The number of carbonyl (C=O) groups is 1. The van der Waals surface area contributed by atoms with Crippen molar-refractivity contribution in [2.45, 2.75) is 90.6 Å². The first-order valence-electron chi connectivity index (χ1n) is 12.9. The summed E-state index contributed by atoms with van der Waals surface area (Å²) in [6.07, 6.45) is 26.5. The lowest BCUT2D eigenvalue weighted by atomic mass is 10.1. The van der Waals surface area contributed by atoms with Gasteiger partial charge in [0.05, 0.1) is 0 Å². The van der Waals surface area contributed by atoms with Crippen molar-refractivity contribution in [2.75, 3.05) is 6.61 Å². The predicted molar refractivity (Wildman–Crippen MR) is 144 cm³/mol. The van der Waals surface area contributed by atoms with E-state index in [4.69, 9.17) is 21.1 Å². The van der Waals surface area contributed by atoms with E-state index in [-0.39, 0.29) is 5.97 Å². The summed E-state index contributed by atoms with van der Waals surface area (Å²) in [6, 6.07) is 5.85. The van der Waals surface area contributed by atoms with Crippen molar-refractivity contribution in [3.63, 3.8) is 0 Å². The van der Waals surface area contributed by atoms with Gasteiger partial charge in [-0.1, -0.05) is 93.2 Å². The van der Waals surface area contributed by atoms with Gasteiger partial charge in [-0.3, -0.25) is 4.79 Å². The molecule has 0 fully saturated rings. The molecule has 0 saturated heterocycles. The van der Waals surface area contributed by atoms with E-state index in [1.165, 1.54) is 50.5 Å². The molecule has 0 amide bonds. The molecule has 0 spiro atoms. The first kappa shape index (κ1) is 28.0. The summed E-state index contributed by atoms with van der Waals surface area (Å²) in [5.41, 5.74) is 4.37. The van der Waals surface area contributed by atoms with Gasteiger partial charge in [-0.05, 0) is 56.2 Å². The van der Waals surface area contributed by atoms with Crippen LogP contribution in [0.1, 0.15) is 95.1 Å². The number of allylic oxidation sites excluding steroid dienone is 4. The third-order valence-electron chi connectivity index (χ3n) is 5.82. The van der Waals surface area contributed by atoms with Crippen molar-refractivity contribution in [2.24, 2.45) is 0 Å². The molecule has 1 aromatic carbocycles. The number of fused-ring (bicyclic) bond motifs is 1. The average Bonchev–Trinajstić information content (AvgIpc) is 3.07. The Morgan fingerprint density at radius 2 is 1.71 bits per heavy atom. The smallest absolute Gasteiger partial charge is 0.306 e. The lowest BCUT2D eigenvalue weighted by molar-refractivity contribution is -0.145. The molecule has 3 nitrogen and oxygen atoms in total. The van der Waals surface area contributed by atoms with Crippen molar-refractivity contribution in [3.8, 4) is 5.75 Å². The summed E-state index contributed by atoms with van der Waals surface area (Å²) in [7, 11) is 0. The van der Waals surface area contributed by atoms with Gasteiger partial charge in [0, 0.05) is 23.1 Å². The van der Waals surface area contributed by atoms with Gasteiger partial charge in [-0.25, -0.2) is 0 Å². The van der Waals surface area contributed by atoms with Crippen molar-refractivity contribution in [1.29, 1.82) is 0 Å². The van der Waals surface area contributed by atoms with Gasteiger partial charge < -0.3 is 9.47 Å². The molecule has 1 aliphatic rings. The maximum Gasteiger partial charge on any atom is 0.306 e. The van der Waals surface area contributed by atoms with Gasteiger partial charge in [-0.2, -0.15) is 0 Å². The quantitative estimate of drug-likeness (QED) is 0.133. The molecule has 0 N–H and O–H groups in total. The molecule has 0 saturated carbocycles. The lowest BCUT2D eigenvalue weighted by Crippen LogP contribution is -2.05. The Balaban J connectivity index is 1.49. The summed E-state index contributed by atoms with van der Waals surface area (Å²) >= 11 is 5.78. The van der Waals surface area contributed by atoms with Crippen LogP contribution in [-0.2, 0) is 16.1 Å². The van der Waals surface area contributed by atoms with Crippen LogP contribution in [0.4, 0.5) is 0 Å². The van der Waals surface area contributed by atoms with Crippen LogP contribution in [0.15, 0.2) is 59.7 Å². The van der Waals surface area contributed by atoms with Gasteiger partial charge in [0.1, 0.15) is 19.0 Å². The van der Waals surface area contributed by atoms with Crippen LogP contribution < -0.4 is 4.74 Å². The molecule has 0 bridgehead atoms. The first-order valence-corrected chi connectivity index (χ1v) is 13.3. The minimum Gasteiger partial charge on any atom is -0.488 e. The number of carbonyl (C=O) groups excluding carboxylic acids is 1. The fraction of sp³-hybridized carbons (Fsp3) is 0.500. The summed E-state index contributed by atoms with van der Waals surface area (Å²) in [6.45, 7) is 2.98. The Bertz CT molecular complexity index is 835. The zero-order chi connectivity index (χ0) is 24.3. The Kier molecular flexibility index (Phi) is 14.9. The summed E-state index contributed by atoms with van der Waals surface area (Å²) in [5, 5.41) is 0. The zero-order valence-corrected chi connectivity index (χ0v) is 21.5. The van der Waals surface area contributed by atoms with E-state index in [0.717, 1.165) is 48.1 Å². The first-order chi connectivity index (χ1) is 16.7. The monoisotopic (exact) mass is 484 g/mol. The van der Waals surface area contributed by atoms with E-state index < -0.39 is 0 Å². The Morgan fingerprint density at radius 1 is 0.971 bits per heavy atom. The van der Waals surface area contributed by atoms with Gasteiger partial charge in [-0.15, -0.1) is 0 Å². The highest BCUT2D eigenvalue weighted by atomic mass is 35.5. The molecule has 4 heteroatoms. The van der Waals surface area contributed by atoms with E-state index in [2.05, 4.69) is 31.2 Å². The number of esters is 1. The molecule has 0 atom stereocenters. The molecule has 2 rings (SSSR count). The van der Waals surface area contributed by atoms with Gasteiger partial charge >= 0.3 is 5.97 Å². The van der Waals surface area contributed by atoms with Crippen LogP contribution in [0.5, 0.6) is 5.75 Å². The molecule has 0 radical (unpaired) electrons. The largest absolute Gasteiger partial charge is 0.488 e. The molecule has 1 aromatic rings. The molecule has 34 heavy (non-hydrogen) atoms. The molecule has 0 aromatic heterocycles. The summed E-state index contributed by atoms with van der Waals surface area (Å²) < 4.78 is 11.2. The van der Waals surface area contributed by atoms with Crippen LogP contribution in [0, 0.1) is 0 Å². The van der Waals surface area contributed by atoms with Crippen LogP contribution in [0.3, 0.4) is 0 Å². The van der Waals surface area contributed by atoms with Gasteiger partial charge in [0.2, 0.25) is 0 Å². The SMILES string of the molecule is CCCCC/C=C\C/C=C\CCCCCCCC(=O)OCc1ccc2c(c1)C=C/C(=C\Cl)CO2. The molecule has 1 heterocycles. The standard InChI is InChI=1S/C30H41ClO3/c1-2-3-4-5-6-7-8-9-10-11-12-13-14-15-16-17-30(32)34-24-26-19-21-29-28(22-26)20-18-27(23-31)25-33-29/h6-7,9-10,18-23H,2-5,8,11-17,24-25H2,1H3/b7-6-,10-9-,27-23+. The Hall–Kier alpha value is -2.26. The van der Waals surface area contributed by atoms with E-state index in [9.17, 15) is 4.79 Å². The predicted octanol–water partition coefficient (Wildman–Crippen LogP) is 9.07. The fourth-order valence-electron chi connectivity index (χ4n) is 3.74. The van der Waals surface area contributed by atoms with Gasteiger partial charge in [0.15, 0.2) is 0 Å². The Morgan fingerprint density at radius 3 is 2.47 bits per heavy atom. The number of hydrogen-bond acceptors (Lipinski definition) is 3. The fourth-order valence-corrected chi connectivity index (χ4v) is 3.88. The van der Waals surface area contributed by atoms with E-state index >= 15 is 0 Å². The second-order valence-electron chi connectivity index (χ2n) is 8.82. The zero-order valence-electron chi connectivity index (χ0n) is 20.8. The highest BCUT2D eigenvalue weighted by Crippen LogP contribution is 2.26. The highest BCUT2D eigenvalue weighted by molar-refractivity contribution is 6.25. The number of unbranched alkanes of at least 4 members (excludes halogenated alkanes) is 8. The second kappa shape index (κ2) is 18.1.